The van der Waals surface area contributed by atoms with E-state index < -0.39 is 17.7 Å². The van der Waals surface area contributed by atoms with Crippen LogP contribution < -0.4 is 4.74 Å². The van der Waals surface area contributed by atoms with Crippen molar-refractivity contribution in [1.29, 1.82) is 0 Å². The molecule has 0 spiro atoms. The Morgan fingerprint density at radius 1 is 1.12 bits per heavy atom. The molecular weight excluding hydrogens is 430 g/mol. The van der Waals surface area contributed by atoms with Gasteiger partial charge in [-0.25, -0.2) is 0 Å². The maximum absolute atomic E-state index is 13.1. The van der Waals surface area contributed by atoms with Crippen molar-refractivity contribution >= 4 is 29.1 Å². The van der Waals surface area contributed by atoms with E-state index in [1.165, 1.54) is 11.2 Å². The molecule has 7 heteroatoms. The van der Waals surface area contributed by atoms with Gasteiger partial charge in [0.15, 0.2) is 0 Å². The monoisotopic (exact) mass is 451 g/mol. The molecule has 0 aliphatic carbocycles. The molecule has 1 aliphatic heterocycles. The summed E-state index contributed by atoms with van der Waals surface area (Å²) in [6, 6.07) is 16.3. The minimum absolute atomic E-state index is 0.00327. The highest BCUT2D eigenvalue weighted by Gasteiger charge is 2.46. The molecule has 0 saturated carbocycles. The van der Waals surface area contributed by atoms with Crippen LogP contribution in [0.1, 0.15) is 36.3 Å². The van der Waals surface area contributed by atoms with Crippen molar-refractivity contribution in [2.24, 2.45) is 0 Å². The molecule has 2 aromatic carbocycles. The number of aliphatic hydroxyl groups is 1. The molecule has 6 nitrogen and oxygen atoms in total. The molecule has 1 aromatic heterocycles. The number of rotatable bonds is 7. The summed E-state index contributed by atoms with van der Waals surface area (Å²) in [6.45, 7) is 2.60. The first-order valence-electron chi connectivity index (χ1n) is 10.3. The van der Waals surface area contributed by atoms with Gasteiger partial charge in [-0.15, -0.1) is 0 Å². The van der Waals surface area contributed by atoms with Crippen molar-refractivity contribution in [2.45, 2.75) is 25.9 Å². The van der Waals surface area contributed by atoms with Gasteiger partial charge in [0.25, 0.3) is 11.7 Å². The van der Waals surface area contributed by atoms with Gasteiger partial charge in [-0.3, -0.25) is 9.59 Å². The van der Waals surface area contributed by atoms with Crippen molar-refractivity contribution in [3.8, 4) is 5.75 Å². The number of halogens is 1. The maximum atomic E-state index is 13.1. The highest BCUT2D eigenvalue weighted by atomic mass is 35.5. The predicted molar refractivity (Wildman–Crippen MR) is 120 cm³/mol. The van der Waals surface area contributed by atoms with E-state index in [4.69, 9.17) is 20.8 Å². The van der Waals surface area contributed by atoms with Crippen LogP contribution in [0.4, 0.5) is 0 Å². The number of likely N-dealkylation sites (tertiary alicyclic amines) is 1. The topological polar surface area (TPSA) is 80.0 Å². The number of nitrogens with zero attached hydrogens (tertiary/aromatic N) is 1. The normalized spacial score (nSPS) is 17.7. The SMILES string of the molecule is CCCOc1cccc(/C(O)=C2\C(=O)C(=O)N(Cc3ccco3)C2c2cccc(Cl)c2)c1. The van der Waals surface area contributed by atoms with Crippen LogP contribution in [0.2, 0.25) is 5.02 Å². The lowest BCUT2D eigenvalue weighted by Crippen LogP contribution is -2.29. The summed E-state index contributed by atoms with van der Waals surface area (Å²) >= 11 is 6.20. The van der Waals surface area contributed by atoms with Gasteiger partial charge in [0, 0.05) is 10.6 Å². The van der Waals surface area contributed by atoms with Crippen LogP contribution in [0, 0.1) is 0 Å². The smallest absolute Gasteiger partial charge is 0.296 e. The van der Waals surface area contributed by atoms with Crippen molar-refractivity contribution in [3.05, 3.63) is 94.4 Å². The molecule has 2 heterocycles. The zero-order valence-electron chi connectivity index (χ0n) is 17.5. The summed E-state index contributed by atoms with van der Waals surface area (Å²) in [7, 11) is 0. The maximum Gasteiger partial charge on any atom is 0.296 e. The average Bonchev–Trinajstić information content (AvgIpc) is 3.40. The van der Waals surface area contributed by atoms with Gasteiger partial charge in [-0.05, 0) is 48.4 Å². The molecule has 0 bridgehead atoms. The number of amides is 1. The molecule has 1 aliphatic rings. The third-order valence-electron chi connectivity index (χ3n) is 5.19. The molecule has 0 radical (unpaired) electrons. The van der Waals surface area contributed by atoms with Crippen LogP contribution >= 0.6 is 11.6 Å². The van der Waals surface area contributed by atoms with Gasteiger partial charge in [0.05, 0.1) is 31.0 Å². The Morgan fingerprint density at radius 3 is 2.66 bits per heavy atom. The minimum Gasteiger partial charge on any atom is -0.507 e. The Morgan fingerprint density at radius 2 is 1.94 bits per heavy atom. The van der Waals surface area contributed by atoms with Gasteiger partial charge in [-0.2, -0.15) is 0 Å². The highest BCUT2D eigenvalue weighted by molar-refractivity contribution is 6.46. The number of carbonyl (C=O) groups excluding carboxylic acids is 2. The van der Waals surface area contributed by atoms with E-state index in [2.05, 4.69) is 0 Å². The molecule has 1 fully saturated rings. The molecule has 1 amide bonds. The Balaban J connectivity index is 1.82. The number of carbonyl (C=O) groups is 2. The summed E-state index contributed by atoms with van der Waals surface area (Å²) in [4.78, 5) is 27.5. The zero-order chi connectivity index (χ0) is 22.7. The zero-order valence-corrected chi connectivity index (χ0v) is 18.2. The quantitative estimate of drug-likeness (QED) is 0.298. The number of hydrogen-bond donors (Lipinski definition) is 1. The molecule has 1 saturated heterocycles. The van der Waals surface area contributed by atoms with Crippen molar-refractivity contribution < 1.29 is 23.8 Å². The molecular formula is C25H22ClNO5. The Labute approximate surface area is 190 Å². The van der Waals surface area contributed by atoms with Crippen LogP contribution in [0.15, 0.2) is 76.9 Å². The van der Waals surface area contributed by atoms with E-state index in [-0.39, 0.29) is 17.9 Å². The Hall–Kier alpha value is -3.51. The van der Waals surface area contributed by atoms with Gasteiger partial charge >= 0.3 is 0 Å². The predicted octanol–water partition coefficient (Wildman–Crippen LogP) is 5.34. The fraction of sp³-hybridized carbons (Fsp3) is 0.200. The van der Waals surface area contributed by atoms with Gasteiger partial charge in [-0.1, -0.05) is 42.8 Å². The number of aliphatic hydroxyl groups excluding tert-OH is 1. The fourth-order valence-corrected chi connectivity index (χ4v) is 3.94. The second-order valence-corrected chi connectivity index (χ2v) is 7.87. The second kappa shape index (κ2) is 9.32. The Bertz CT molecular complexity index is 1170. The third kappa shape index (κ3) is 4.27. The summed E-state index contributed by atoms with van der Waals surface area (Å²) < 4.78 is 11.0. The summed E-state index contributed by atoms with van der Waals surface area (Å²) in [6.07, 6.45) is 2.34. The van der Waals surface area contributed by atoms with Crippen LogP contribution in [0.3, 0.4) is 0 Å². The van der Waals surface area contributed by atoms with Gasteiger partial charge < -0.3 is 19.2 Å². The van der Waals surface area contributed by atoms with Crippen LogP contribution in [0.25, 0.3) is 5.76 Å². The number of Topliss-reactive ketones (excluding diaryl/α,β-unsaturated/α-hetero) is 1. The summed E-state index contributed by atoms with van der Waals surface area (Å²) in [5, 5.41) is 11.6. The lowest BCUT2D eigenvalue weighted by Gasteiger charge is -2.24. The van der Waals surface area contributed by atoms with Crippen molar-refractivity contribution in [2.75, 3.05) is 6.61 Å². The molecule has 4 rings (SSSR count). The van der Waals surface area contributed by atoms with E-state index in [1.54, 1.807) is 60.7 Å². The molecule has 32 heavy (non-hydrogen) atoms. The molecule has 1 N–H and O–H groups in total. The first kappa shape index (κ1) is 21.7. The number of benzene rings is 2. The van der Waals surface area contributed by atoms with Crippen molar-refractivity contribution in [3.63, 3.8) is 0 Å². The number of ether oxygens (including phenoxy) is 1. The number of hydrogen-bond acceptors (Lipinski definition) is 5. The van der Waals surface area contributed by atoms with E-state index in [0.29, 0.717) is 34.3 Å². The van der Waals surface area contributed by atoms with Crippen molar-refractivity contribution in [1.82, 2.24) is 4.90 Å². The fourth-order valence-electron chi connectivity index (χ4n) is 3.75. The summed E-state index contributed by atoms with van der Waals surface area (Å²) in [5.41, 5.74) is 1.00. The third-order valence-corrected chi connectivity index (χ3v) is 5.43. The van der Waals surface area contributed by atoms with Gasteiger partial charge in [0.2, 0.25) is 0 Å². The molecule has 164 valence electrons. The first-order valence-corrected chi connectivity index (χ1v) is 10.7. The molecule has 1 atom stereocenters. The summed E-state index contributed by atoms with van der Waals surface area (Å²) in [5.74, 6) is -0.656. The average molecular weight is 452 g/mol. The second-order valence-electron chi connectivity index (χ2n) is 7.44. The van der Waals surface area contributed by atoms with Crippen LogP contribution in [-0.2, 0) is 16.1 Å². The lowest BCUT2D eigenvalue weighted by molar-refractivity contribution is -0.140. The highest BCUT2D eigenvalue weighted by Crippen LogP contribution is 2.41. The first-order chi connectivity index (χ1) is 15.5. The van der Waals surface area contributed by atoms with E-state index >= 15 is 0 Å². The van der Waals surface area contributed by atoms with E-state index in [9.17, 15) is 14.7 Å². The van der Waals surface area contributed by atoms with Gasteiger partial charge in [0.1, 0.15) is 17.3 Å². The largest absolute Gasteiger partial charge is 0.507 e. The molecule has 1 unspecified atom stereocenters. The van der Waals surface area contributed by atoms with E-state index in [1.807, 2.05) is 6.92 Å². The number of ketones is 1. The number of furan rings is 1. The standard InChI is InChI=1S/C25H22ClNO5/c1-2-11-31-19-9-4-7-17(14-19)23(28)21-22(16-6-3-8-18(26)13-16)27(25(30)24(21)29)15-20-10-5-12-32-20/h3-10,12-14,22,28H,2,11,15H2,1H3/b23-21+. The van der Waals surface area contributed by atoms with E-state index in [0.717, 1.165) is 6.42 Å². The van der Waals surface area contributed by atoms with Crippen LogP contribution in [-0.4, -0.2) is 28.3 Å². The minimum atomic E-state index is -0.820. The molecule has 3 aromatic rings. The lowest BCUT2D eigenvalue weighted by atomic mass is 9.95. The van der Waals surface area contributed by atoms with Crippen LogP contribution in [0.5, 0.6) is 5.75 Å². The Kier molecular flexibility index (Phi) is 6.32.